The lowest BCUT2D eigenvalue weighted by Gasteiger charge is -2.26. The van der Waals surface area contributed by atoms with Crippen LogP contribution >= 0.6 is 0 Å². The van der Waals surface area contributed by atoms with Crippen molar-refractivity contribution in [1.82, 2.24) is 0 Å². The fourth-order valence-electron chi connectivity index (χ4n) is 11.6. The molecule has 1 aliphatic rings. The monoisotopic (exact) mass is 802 g/mol. The highest BCUT2D eigenvalue weighted by Crippen LogP contribution is 2.55. The molecule has 2 heteroatoms. The topological polar surface area (TPSA) is 26.3 Å². The number of benzene rings is 11. The van der Waals surface area contributed by atoms with Crippen LogP contribution in [0.1, 0.15) is 25.0 Å². The number of rotatable bonds is 3. The Morgan fingerprint density at radius 1 is 0.286 bits per heavy atom. The first-order chi connectivity index (χ1) is 31.0. The minimum atomic E-state index is -0.199. The fourth-order valence-corrected chi connectivity index (χ4v) is 11.6. The maximum atomic E-state index is 6.39. The summed E-state index contributed by atoms with van der Waals surface area (Å²) in [5.74, 6) is 0. The Balaban J connectivity index is 1.12. The molecule has 2 aromatic heterocycles. The predicted octanol–water partition coefficient (Wildman–Crippen LogP) is 17.4. The van der Waals surface area contributed by atoms with Crippen molar-refractivity contribution < 1.29 is 8.83 Å². The van der Waals surface area contributed by atoms with Crippen molar-refractivity contribution in [2.45, 2.75) is 19.3 Å². The van der Waals surface area contributed by atoms with Crippen molar-refractivity contribution in [3.63, 3.8) is 0 Å². The Labute approximate surface area is 363 Å². The lowest BCUT2D eigenvalue weighted by atomic mass is 9.77. The van der Waals surface area contributed by atoms with E-state index in [2.05, 4.69) is 196 Å². The Hall–Kier alpha value is -7.94. The van der Waals surface area contributed by atoms with Gasteiger partial charge in [-0.15, -0.1) is 0 Å². The second kappa shape index (κ2) is 12.6. The molecule has 63 heavy (non-hydrogen) atoms. The van der Waals surface area contributed by atoms with Gasteiger partial charge in [-0.1, -0.05) is 178 Å². The molecule has 0 aliphatic heterocycles. The third-order valence-corrected chi connectivity index (χ3v) is 14.3. The Bertz CT molecular complexity index is 3910. The molecule has 2 heterocycles. The van der Waals surface area contributed by atoms with E-state index in [-0.39, 0.29) is 5.41 Å². The molecule has 13 aromatic rings. The standard InChI is InChI=1S/C61H38O2/c1-61(2)52-27-6-3-14-41(52)46-25-13-26-49(60(46)61)57-44-23-11-19-37(35-17-9-21-42-39(35)30-32-55-58(42)47-15-4-7-28-53(47)62-55)50(44)34-51-38(20-12-24-45(51)57)36-18-10-22-43-40(36)31-33-56-59(43)48-16-5-8-29-54(48)63-56/h3-34H,1-2H3. The number of furan rings is 2. The molecule has 0 radical (unpaired) electrons. The lowest BCUT2D eigenvalue weighted by Crippen LogP contribution is -2.16. The molecule has 0 bridgehead atoms. The second-order valence-corrected chi connectivity index (χ2v) is 17.8. The summed E-state index contributed by atoms with van der Waals surface area (Å²) in [6.45, 7) is 4.80. The second-order valence-electron chi connectivity index (χ2n) is 17.8. The Morgan fingerprint density at radius 3 is 1.27 bits per heavy atom. The Kier molecular flexibility index (Phi) is 6.93. The van der Waals surface area contributed by atoms with Crippen molar-refractivity contribution in [2.75, 3.05) is 0 Å². The molecule has 0 saturated carbocycles. The van der Waals surface area contributed by atoms with Crippen LogP contribution in [0.5, 0.6) is 0 Å². The fraction of sp³-hybridized carbons (Fsp3) is 0.0492. The van der Waals surface area contributed by atoms with Crippen LogP contribution in [0.3, 0.4) is 0 Å². The SMILES string of the molecule is CC1(C)c2ccccc2-c2cccc(-c3c4cccc(-c5cccc6c5ccc5oc7ccccc7c56)c4cc4c(-c5cccc6c5ccc5oc7ccccc7c56)cccc34)c21. The first-order valence-corrected chi connectivity index (χ1v) is 21.9. The van der Waals surface area contributed by atoms with Gasteiger partial charge < -0.3 is 8.83 Å². The average molecular weight is 803 g/mol. The molecular formula is C61H38O2. The smallest absolute Gasteiger partial charge is 0.136 e. The molecule has 0 amide bonds. The summed E-state index contributed by atoms with van der Waals surface area (Å²) >= 11 is 0. The normalized spacial score (nSPS) is 13.4. The Morgan fingerprint density at radius 2 is 0.698 bits per heavy atom. The highest BCUT2D eigenvalue weighted by atomic mass is 16.3. The minimum Gasteiger partial charge on any atom is -0.456 e. The van der Waals surface area contributed by atoms with E-state index in [1.165, 1.54) is 98.7 Å². The van der Waals surface area contributed by atoms with E-state index in [9.17, 15) is 0 Å². The van der Waals surface area contributed by atoms with Crippen molar-refractivity contribution in [3.05, 3.63) is 205 Å². The van der Waals surface area contributed by atoms with Crippen LogP contribution in [-0.2, 0) is 5.41 Å². The molecule has 0 atom stereocenters. The van der Waals surface area contributed by atoms with E-state index in [4.69, 9.17) is 8.83 Å². The number of para-hydroxylation sites is 2. The highest BCUT2D eigenvalue weighted by Gasteiger charge is 2.38. The molecular weight excluding hydrogens is 765 g/mol. The van der Waals surface area contributed by atoms with E-state index in [1.807, 2.05) is 12.1 Å². The van der Waals surface area contributed by atoms with Crippen LogP contribution in [-0.4, -0.2) is 0 Å². The molecule has 0 unspecified atom stereocenters. The maximum absolute atomic E-state index is 6.39. The number of fused-ring (bicyclic) bond motifs is 15. The number of hydrogen-bond donors (Lipinski definition) is 0. The predicted molar refractivity (Wildman–Crippen MR) is 265 cm³/mol. The van der Waals surface area contributed by atoms with Crippen molar-refractivity contribution >= 4 is 87.0 Å². The zero-order chi connectivity index (χ0) is 41.6. The largest absolute Gasteiger partial charge is 0.456 e. The van der Waals surface area contributed by atoms with Gasteiger partial charge in [0.2, 0.25) is 0 Å². The number of hydrogen-bond acceptors (Lipinski definition) is 2. The molecule has 2 nitrogen and oxygen atoms in total. The summed E-state index contributed by atoms with van der Waals surface area (Å²) < 4.78 is 12.8. The molecule has 294 valence electrons. The summed E-state index contributed by atoms with van der Waals surface area (Å²) in [4.78, 5) is 0. The van der Waals surface area contributed by atoms with E-state index >= 15 is 0 Å². The van der Waals surface area contributed by atoms with Crippen LogP contribution in [0.15, 0.2) is 203 Å². The zero-order valence-corrected chi connectivity index (χ0v) is 34.8. The molecule has 0 saturated heterocycles. The van der Waals surface area contributed by atoms with Gasteiger partial charge in [-0.05, 0) is 129 Å². The molecule has 1 aliphatic carbocycles. The van der Waals surface area contributed by atoms with E-state index < -0.39 is 0 Å². The first-order valence-electron chi connectivity index (χ1n) is 21.9. The summed E-state index contributed by atoms with van der Waals surface area (Å²) in [5, 5.41) is 14.4. The van der Waals surface area contributed by atoms with Gasteiger partial charge >= 0.3 is 0 Å². The third-order valence-electron chi connectivity index (χ3n) is 14.3. The van der Waals surface area contributed by atoms with Crippen LogP contribution in [0.2, 0.25) is 0 Å². The van der Waals surface area contributed by atoms with E-state index in [0.29, 0.717) is 0 Å². The van der Waals surface area contributed by atoms with Gasteiger partial charge in [-0.3, -0.25) is 0 Å². The summed E-state index contributed by atoms with van der Waals surface area (Å²) in [6, 6.07) is 71.4. The zero-order valence-electron chi connectivity index (χ0n) is 34.8. The average Bonchev–Trinajstić information content (AvgIpc) is 3.98. The molecule has 0 spiro atoms. The van der Waals surface area contributed by atoms with Crippen LogP contribution in [0.4, 0.5) is 0 Å². The first kappa shape index (κ1) is 34.7. The van der Waals surface area contributed by atoms with Crippen molar-refractivity contribution in [2.24, 2.45) is 0 Å². The van der Waals surface area contributed by atoms with E-state index in [0.717, 1.165) is 43.9 Å². The summed E-state index contributed by atoms with van der Waals surface area (Å²) in [5.41, 5.74) is 16.2. The van der Waals surface area contributed by atoms with Gasteiger partial charge in [-0.2, -0.15) is 0 Å². The minimum absolute atomic E-state index is 0.199. The van der Waals surface area contributed by atoms with Gasteiger partial charge in [0.25, 0.3) is 0 Å². The molecule has 14 rings (SSSR count). The van der Waals surface area contributed by atoms with Gasteiger partial charge in [0.05, 0.1) is 0 Å². The van der Waals surface area contributed by atoms with E-state index in [1.54, 1.807) is 0 Å². The molecule has 0 N–H and O–H groups in total. The molecule has 0 fully saturated rings. The van der Waals surface area contributed by atoms with Gasteiger partial charge in [-0.25, -0.2) is 0 Å². The van der Waals surface area contributed by atoms with Crippen LogP contribution < -0.4 is 0 Å². The van der Waals surface area contributed by atoms with Crippen molar-refractivity contribution in [1.29, 1.82) is 0 Å². The van der Waals surface area contributed by atoms with Crippen molar-refractivity contribution in [3.8, 4) is 44.5 Å². The summed E-state index contributed by atoms with van der Waals surface area (Å²) in [7, 11) is 0. The quantitative estimate of drug-likeness (QED) is 0.166. The van der Waals surface area contributed by atoms with Gasteiger partial charge in [0, 0.05) is 27.0 Å². The third kappa shape index (κ3) is 4.67. The molecule has 11 aromatic carbocycles. The lowest BCUT2D eigenvalue weighted by molar-refractivity contribution is 0.662. The van der Waals surface area contributed by atoms with Crippen LogP contribution in [0, 0.1) is 0 Å². The van der Waals surface area contributed by atoms with Crippen LogP contribution in [0.25, 0.3) is 131 Å². The highest BCUT2D eigenvalue weighted by molar-refractivity contribution is 6.26. The summed E-state index contributed by atoms with van der Waals surface area (Å²) in [6.07, 6.45) is 0. The van der Waals surface area contributed by atoms with Gasteiger partial charge in [0.15, 0.2) is 0 Å². The van der Waals surface area contributed by atoms with Gasteiger partial charge in [0.1, 0.15) is 22.3 Å². The maximum Gasteiger partial charge on any atom is 0.136 e.